The van der Waals surface area contributed by atoms with Gasteiger partial charge in [-0.3, -0.25) is 4.79 Å². The average Bonchev–Trinajstić information content (AvgIpc) is 2.57. The molecule has 0 spiro atoms. The number of aromatic nitrogens is 1. The summed E-state index contributed by atoms with van der Waals surface area (Å²) in [7, 11) is 0. The SMILES string of the molecule is Cc1noc(C)c1C(C)NC(=O)[C@@H](N)CC(C)C. The van der Waals surface area contributed by atoms with Crippen molar-refractivity contribution in [2.75, 3.05) is 0 Å². The van der Waals surface area contributed by atoms with Crippen LogP contribution in [0.25, 0.3) is 0 Å². The second-order valence-corrected chi connectivity index (χ2v) is 5.20. The van der Waals surface area contributed by atoms with Crippen molar-refractivity contribution in [1.82, 2.24) is 10.5 Å². The Morgan fingerprint density at radius 1 is 1.39 bits per heavy atom. The summed E-state index contributed by atoms with van der Waals surface area (Å²) >= 11 is 0. The second-order valence-electron chi connectivity index (χ2n) is 5.20. The molecule has 18 heavy (non-hydrogen) atoms. The number of rotatable bonds is 5. The zero-order valence-corrected chi connectivity index (χ0v) is 11.8. The number of carbonyl (C=O) groups is 1. The van der Waals surface area contributed by atoms with E-state index in [1.807, 2.05) is 34.6 Å². The van der Waals surface area contributed by atoms with E-state index in [1.165, 1.54) is 0 Å². The fourth-order valence-electron chi connectivity index (χ4n) is 2.12. The van der Waals surface area contributed by atoms with E-state index in [-0.39, 0.29) is 11.9 Å². The van der Waals surface area contributed by atoms with Gasteiger partial charge in [0.1, 0.15) is 5.76 Å². The fourth-order valence-corrected chi connectivity index (χ4v) is 2.12. The summed E-state index contributed by atoms with van der Waals surface area (Å²) in [5, 5.41) is 6.79. The van der Waals surface area contributed by atoms with Crippen LogP contribution in [0.4, 0.5) is 0 Å². The van der Waals surface area contributed by atoms with Gasteiger partial charge in [0.05, 0.1) is 17.8 Å². The maximum atomic E-state index is 11.9. The highest BCUT2D eigenvalue weighted by molar-refractivity contribution is 5.81. The molecule has 0 aliphatic rings. The summed E-state index contributed by atoms with van der Waals surface area (Å²) in [5.74, 6) is 1.01. The van der Waals surface area contributed by atoms with Crippen molar-refractivity contribution >= 4 is 5.91 Å². The molecule has 0 aromatic carbocycles. The first kappa shape index (κ1) is 14.7. The van der Waals surface area contributed by atoms with E-state index in [0.29, 0.717) is 12.3 Å². The van der Waals surface area contributed by atoms with Crippen LogP contribution in [0.3, 0.4) is 0 Å². The lowest BCUT2D eigenvalue weighted by Crippen LogP contribution is -2.42. The molecule has 0 fully saturated rings. The van der Waals surface area contributed by atoms with Gasteiger partial charge in [0.25, 0.3) is 0 Å². The number of nitrogens with two attached hydrogens (primary N) is 1. The van der Waals surface area contributed by atoms with Gasteiger partial charge in [-0.1, -0.05) is 19.0 Å². The molecule has 1 rings (SSSR count). The Kier molecular flexibility index (Phi) is 4.90. The van der Waals surface area contributed by atoms with Gasteiger partial charge in [0.2, 0.25) is 5.91 Å². The van der Waals surface area contributed by atoms with Crippen LogP contribution >= 0.6 is 0 Å². The molecule has 0 aliphatic heterocycles. The van der Waals surface area contributed by atoms with Crippen molar-refractivity contribution in [3.05, 3.63) is 17.0 Å². The van der Waals surface area contributed by atoms with Crippen LogP contribution in [-0.2, 0) is 4.79 Å². The highest BCUT2D eigenvalue weighted by Crippen LogP contribution is 2.21. The monoisotopic (exact) mass is 253 g/mol. The molecule has 1 heterocycles. The Morgan fingerprint density at radius 2 is 2.00 bits per heavy atom. The number of hydrogen-bond acceptors (Lipinski definition) is 4. The summed E-state index contributed by atoms with van der Waals surface area (Å²) < 4.78 is 5.09. The fraction of sp³-hybridized carbons (Fsp3) is 0.692. The van der Waals surface area contributed by atoms with E-state index in [4.69, 9.17) is 10.3 Å². The van der Waals surface area contributed by atoms with Crippen LogP contribution in [0, 0.1) is 19.8 Å². The van der Waals surface area contributed by atoms with Crippen molar-refractivity contribution in [3.63, 3.8) is 0 Å². The minimum atomic E-state index is -0.465. The number of carbonyl (C=O) groups excluding carboxylic acids is 1. The highest BCUT2D eigenvalue weighted by Gasteiger charge is 2.21. The minimum Gasteiger partial charge on any atom is -0.361 e. The van der Waals surface area contributed by atoms with Gasteiger partial charge in [-0.25, -0.2) is 0 Å². The lowest BCUT2D eigenvalue weighted by molar-refractivity contribution is -0.123. The van der Waals surface area contributed by atoms with Crippen LogP contribution in [0.2, 0.25) is 0 Å². The lowest BCUT2D eigenvalue weighted by atomic mass is 10.0. The third-order valence-corrected chi connectivity index (χ3v) is 2.94. The largest absolute Gasteiger partial charge is 0.361 e. The van der Waals surface area contributed by atoms with Gasteiger partial charge in [-0.05, 0) is 33.1 Å². The molecular weight excluding hydrogens is 230 g/mol. The van der Waals surface area contributed by atoms with Crippen molar-refractivity contribution in [3.8, 4) is 0 Å². The number of nitrogens with one attached hydrogen (secondary N) is 1. The molecule has 1 unspecified atom stereocenters. The first-order chi connectivity index (χ1) is 8.32. The Morgan fingerprint density at radius 3 is 2.44 bits per heavy atom. The molecule has 5 nitrogen and oxygen atoms in total. The van der Waals surface area contributed by atoms with Gasteiger partial charge in [-0.15, -0.1) is 0 Å². The zero-order valence-electron chi connectivity index (χ0n) is 11.8. The first-order valence-electron chi connectivity index (χ1n) is 6.31. The topological polar surface area (TPSA) is 81.2 Å². The van der Waals surface area contributed by atoms with Crippen molar-refractivity contribution < 1.29 is 9.32 Å². The molecule has 102 valence electrons. The summed E-state index contributed by atoms with van der Waals surface area (Å²) in [4.78, 5) is 11.9. The molecule has 1 aromatic rings. The normalized spacial score (nSPS) is 14.6. The smallest absolute Gasteiger partial charge is 0.237 e. The van der Waals surface area contributed by atoms with Crippen molar-refractivity contribution in [1.29, 1.82) is 0 Å². The molecular formula is C13H23N3O2. The maximum Gasteiger partial charge on any atom is 0.237 e. The Bertz CT molecular complexity index is 393. The third kappa shape index (κ3) is 3.57. The van der Waals surface area contributed by atoms with Crippen LogP contribution in [0.15, 0.2) is 4.52 Å². The average molecular weight is 253 g/mol. The van der Waals surface area contributed by atoms with Crippen molar-refractivity contribution in [2.24, 2.45) is 11.7 Å². The second kappa shape index (κ2) is 6.00. The molecule has 0 saturated carbocycles. The van der Waals surface area contributed by atoms with E-state index in [9.17, 15) is 4.79 Å². The molecule has 1 aromatic heterocycles. The predicted molar refractivity (Wildman–Crippen MR) is 70.0 cm³/mol. The molecule has 0 aliphatic carbocycles. The minimum absolute atomic E-state index is 0.129. The summed E-state index contributed by atoms with van der Waals surface area (Å²) in [6.45, 7) is 9.71. The van der Waals surface area contributed by atoms with Gasteiger partial charge in [-0.2, -0.15) is 0 Å². The molecule has 0 radical (unpaired) electrons. The van der Waals surface area contributed by atoms with Gasteiger partial charge in [0.15, 0.2) is 0 Å². The predicted octanol–water partition coefficient (Wildman–Crippen LogP) is 1.84. The number of nitrogens with zero attached hydrogens (tertiary/aromatic N) is 1. The number of hydrogen-bond donors (Lipinski definition) is 2. The highest BCUT2D eigenvalue weighted by atomic mass is 16.5. The van der Waals surface area contributed by atoms with Crippen molar-refractivity contribution in [2.45, 2.75) is 53.1 Å². The van der Waals surface area contributed by atoms with E-state index in [2.05, 4.69) is 10.5 Å². The van der Waals surface area contributed by atoms with E-state index >= 15 is 0 Å². The Balaban J connectivity index is 2.65. The summed E-state index contributed by atoms with van der Waals surface area (Å²) in [6, 6.07) is -0.602. The Hall–Kier alpha value is -1.36. The first-order valence-corrected chi connectivity index (χ1v) is 6.31. The molecule has 1 amide bonds. The molecule has 0 bridgehead atoms. The van der Waals surface area contributed by atoms with Crippen LogP contribution in [0.5, 0.6) is 0 Å². The third-order valence-electron chi connectivity index (χ3n) is 2.94. The van der Waals surface area contributed by atoms with Crippen LogP contribution < -0.4 is 11.1 Å². The maximum absolute atomic E-state index is 11.9. The number of aryl methyl sites for hydroxylation is 2. The molecule has 0 saturated heterocycles. The lowest BCUT2D eigenvalue weighted by Gasteiger charge is -2.18. The molecule has 2 atom stereocenters. The van der Waals surface area contributed by atoms with E-state index < -0.39 is 6.04 Å². The van der Waals surface area contributed by atoms with E-state index in [0.717, 1.165) is 17.0 Å². The Labute approximate surface area is 108 Å². The quantitative estimate of drug-likeness (QED) is 0.839. The zero-order chi connectivity index (χ0) is 13.9. The van der Waals surface area contributed by atoms with E-state index in [1.54, 1.807) is 0 Å². The van der Waals surface area contributed by atoms with Crippen LogP contribution in [-0.4, -0.2) is 17.1 Å². The van der Waals surface area contributed by atoms with Gasteiger partial charge < -0.3 is 15.6 Å². The van der Waals surface area contributed by atoms with Crippen LogP contribution in [0.1, 0.15) is 50.3 Å². The van der Waals surface area contributed by atoms with Gasteiger partial charge >= 0.3 is 0 Å². The number of amides is 1. The summed E-state index contributed by atoms with van der Waals surface area (Å²) in [6.07, 6.45) is 0.681. The standard InChI is InChI=1S/C13H23N3O2/c1-7(2)6-11(14)13(17)15-8(3)12-9(4)16-18-10(12)5/h7-8,11H,6,14H2,1-5H3,(H,15,17)/t8?,11-/m0/s1. The molecule has 3 N–H and O–H groups in total. The molecule has 5 heteroatoms. The van der Waals surface area contributed by atoms with Gasteiger partial charge in [0, 0.05) is 5.56 Å². The summed E-state index contributed by atoms with van der Waals surface area (Å²) in [5.41, 5.74) is 7.58.